The van der Waals surface area contributed by atoms with Crippen LogP contribution in [-0.2, 0) is 14.6 Å². The molecule has 0 heterocycles. The molecular formula is C10H11N3O4S. The van der Waals surface area contributed by atoms with Gasteiger partial charge in [-0.1, -0.05) is 0 Å². The summed E-state index contributed by atoms with van der Waals surface area (Å²) >= 11 is 0. The highest BCUT2D eigenvalue weighted by Gasteiger charge is 2.47. The molecule has 8 heteroatoms. The number of hydrogen-bond donors (Lipinski definition) is 3. The van der Waals surface area contributed by atoms with E-state index in [1.165, 1.54) is 12.1 Å². The fraction of sp³-hybridized carbons (Fsp3) is 0.200. The first-order valence-electron chi connectivity index (χ1n) is 4.76. The number of nitrogens with two attached hydrogens (primary N) is 2. The van der Waals surface area contributed by atoms with E-state index in [0.717, 1.165) is 12.1 Å². The zero-order chi connectivity index (χ0) is 14.0. The van der Waals surface area contributed by atoms with Crippen molar-refractivity contribution in [2.75, 3.05) is 6.54 Å². The summed E-state index contributed by atoms with van der Waals surface area (Å²) in [4.78, 5) is 8.08. The highest BCUT2D eigenvalue weighted by atomic mass is 32.2. The lowest BCUT2D eigenvalue weighted by molar-refractivity contribution is -0.139. The predicted molar refractivity (Wildman–Crippen MR) is 62.0 cm³/mol. The van der Waals surface area contributed by atoms with Gasteiger partial charge < -0.3 is 16.6 Å². The van der Waals surface area contributed by atoms with Crippen LogP contribution in [0.15, 0.2) is 29.2 Å². The second-order valence-electron chi connectivity index (χ2n) is 3.54. The Labute approximate surface area is 104 Å². The van der Waals surface area contributed by atoms with E-state index in [1.807, 2.05) is 6.07 Å². The Balaban J connectivity index is 3.37. The standard InChI is InChI=1S/C10H11N3O4S/c11-5-7-1-3-8(4-2-7)18(16,17)10(13,6-12)9(14)15/h1-4H,6,12-13H2,(H,14,15). The molecule has 5 N–H and O–H groups in total. The lowest BCUT2D eigenvalue weighted by Crippen LogP contribution is -2.59. The molecule has 0 aliphatic rings. The van der Waals surface area contributed by atoms with Gasteiger partial charge in [0.2, 0.25) is 14.7 Å². The zero-order valence-corrected chi connectivity index (χ0v) is 10.0. The SMILES string of the molecule is N#Cc1ccc(S(=O)(=O)C(N)(CN)C(=O)O)cc1. The van der Waals surface area contributed by atoms with Crippen molar-refractivity contribution in [3.8, 4) is 6.07 Å². The molecule has 0 fully saturated rings. The summed E-state index contributed by atoms with van der Waals surface area (Å²) in [5.74, 6) is -1.73. The number of rotatable bonds is 4. The number of carboxylic acids is 1. The fourth-order valence-corrected chi connectivity index (χ4v) is 2.60. The van der Waals surface area contributed by atoms with E-state index in [-0.39, 0.29) is 10.5 Å². The van der Waals surface area contributed by atoms with E-state index in [1.54, 1.807) is 0 Å². The van der Waals surface area contributed by atoms with Crippen molar-refractivity contribution in [1.29, 1.82) is 5.26 Å². The van der Waals surface area contributed by atoms with Crippen LogP contribution in [0.2, 0.25) is 0 Å². The third-order valence-corrected chi connectivity index (χ3v) is 4.63. The maximum absolute atomic E-state index is 12.1. The number of carbonyl (C=O) groups is 1. The van der Waals surface area contributed by atoms with Crippen molar-refractivity contribution in [1.82, 2.24) is 0 Å². The molecule has 1 aromatic rings. The first-order valence-corrected chi connectivity index (χ1v) is 6.25. The van der Waals surface area contributed by atoms with Gasteiger partial charge in [-0.25, -0.2) is 13.2 Å². The molecule has 1 unspecified atom stereocenters. The second-order valence-corrected chi connectivity index (χ2v) is 5.75. The number of sulfone groups is 1. The predicted octanol–water partition coefficient (Wildman–Crippen LogP) is -0.970. The number of aliphatic carboxylic acids is 1. The summed E-state index contributed by atoms with van der Waals surface area (Å²) in [6.07, 6.45) is 0. The van der Waals surface area contributed by atoms with Crippen molar-refractivity contribution < 1.29 is 18.3 Å². The molecule has 0 aliphatic heterocycles. The molecule has 0 saturated heterocycles. The Bertz CT molecular complexity index is 603. The molecule has 0 aliphatic carbocycles. The Hall–Kier alpha value is -1.95. The molecule has 0 spiro atoms. The average molecular weight is 269 g/mol. The highest BCUT2D eigenvalue weighted by molar-refractivity contribution is 7.93. The maximum Gasteiger partial charge on any atom is 0.341 e. The Morgan fingerprint density at radius 3 is 2.22 bits per heavy atom. The lowest BCUT2D eigenvalue weighted by Gasteiger charge is -2.22. The van der Waals surface area contributed by atoms with Crippen LogP contribution < -0.4 is 11.5 Å². The summed E-state index contributed by atoms with van der Waals surface area (Å²) < 4.78 is 24.1. The van der Waals surface area contributed by atoms with Gasteiger partial charge in [-0.05, 0) is 24.3 Å². The van der Waals surface area contributed by atoms with Gasteiger partial charge in [-0.2, -0.15) is 5.26 Å². The quantitative estimate of drug-likeness (QED) is 0.636. The monoisotopic (exact) mass is 269 g/mol. The fourth-order valence-electron chi connectivity index (χ4n) is 1.23. The van der Waals surface area contributed by atoms with E-state index in [2.05, 4.69) is 0 Å². The third kappa shape index (κ3) is 2.06. The molecule has 18 heavy (non-hydrogen) atoms. The van der Waals surface area contributed by atoms with E-state index in [4.69, 9.17) is 21.8 Å². The van der Waals surface area contributed by atoms with Crippen LogP contribution in [0.25, 0.3) is 0 Å². The van der Waals surface area contributed by atoms with Crippen LogP contribution in [0.1, 0.15) is 5.56 Å². The van der Waals surface area contributed by atoms with Gasteiger partial charge in [0.05, 0.1) is 16.5 Å². The summed E-state index contributed by atoms with van der Waals surface area (Å²) in [5, 5.41) is 17.5. The third-order valence-electron chi connectivity index (χ3n) is 2.44. The lowest BCUT2D eigenvalue weighted by atomic mass is 10.2. The van der Waals surface area contributed by atoms with Crippen LogP contribution in [0.5, 0.6) is 0 Å². The summed E-state index contributed by atoms with van der Waals surface area (Å²) in [7, 11) is -4.33. The smallest absolute Gasteiger partial charge is 0.341 e. The van der Waals surface area contributed by atoms with Crippen LogP contribution >= 0.6 is 0 Å². The minimum absolute atomic E-state index is 0.250. The molecule has 0 saturated carbocycles. The van der Waals surface area contributed by atoms with Gasteiger partial charge in [0.15, 0.2) is 0 Å². The van der Waals surface area contributed by atoms with Crippen LogP contribution in [0, 0.1) is 11.3 Å². The van der Waals surface area contributed by atoms with Crippen molar-refractivity contribution in [2.24, 2.45) is 11.5 Å². The molecule has 96 valence electrons. The zero-order valence-electron chi connectivity index (χ0n) is 9.20. The summed E-state index contributed by atoms with van der Waals surface area (Å²) in [6.45, 7) is -0.759. The largest absolute Gasteiger partial charge is 0.479 e. The average Bonchev–Trinajstić information content (AvgIpc) is 2.37. The molecule has 1 rings (SSSR count). The Morgan fingerprint density at radius 2 is 1.89 bits per heavy atom. The van der Waals surface area contributed by atoms with Crippen LogP contribution in [0.4, 0.5) is 0 Å². The minimum atomic E-state index is -4.33. The first kappa shape index (κ1) is 14.1. The van der Waals surface area contributed by atoms with Gasteiger partial charge in [-0.15, -0.1) is 0 Å². The van der Waals surface area contributed by atoms with Gasteiger partial charge in [-0.3, -0.25) is 0 Å². The number of benzene rings is 1. The number of nitriles is 1. The normalized spacial score (nSPS) is 14.5. The molecule has 7 nitrogen and oxygen atoms in total. The van der Waals surface area contributed by atoms with Crippen molar-refractivity contribution in [3.05, 3.63) is 29.8 Å². The number of nitrogens with zero attached hydrogens (tertiary/aromatic N) is 1. The Morgan fingerprint density at radius 1 is 1.39 bits per heavy atom. The molecule has 0 amide bonds. The molecule has 0 aromatic heterocycles. The topological polar surface area (TPSA) is 147 Å². The van der Waals surface area contributed by atoms with Gasteiger partial charge in [0, 0.05) is 6.54 Å². The summed E-state index contributed by atoms with van der Waals surface area (Å²) in [6, 6.07) is 6.56. The van der Waals surface area contributed by atoms with Crippen LogP contribution in [0.3, 0.4) is 0 Å². The molecule has 1 atom stereocenters. The van der Waals surface area contributed by atoms with Crippen molar-refractivity contribution in [3.63, 3.8) is 0 Å². The van der Waals surface area contributed by atoms with Crippen molar-refractivity contribution in [2.45, 2.75) is 9.77 Å². The van der Waals surface area contributed by atoms with Crippen molar-refractivity contribution >= 4 is 15.8 Å². The molecule has 0 bridgehead atoms. The van der Waals surface area contributed by atoms with E-state index >= 15 is 0 Å². The molecule has 0 radical (unpaired) electrons. The second kappa shape index (κ2) is 4.73. The van der Waals surface area contributed by atoms with Gasteiger partial charge >= 0.3 is 5.97 Å². The van der Waals surface area contributed by atoms with E-state index in [0.29, 0.717) is 0 Å². The number of carboxylic acid groups (broad SMARTS) is 1. The van der Waals surface area contributed by atoms with Gasteiger partial charge in [0.1, 0.15) is 0 Å². The summed E-state index contributed by atoms with van der Waals surface area (Å²) in [5.41, 5.74) is 10.7. The van der Waals surface area contributed by atoms with E-state index < -0.39 is 27.2 Å². The first-order chi connectivity index (χ1) is 8.29. The highest BCUT2D eigenvalue weighted by Crippen LogP contribution is 2.21. The minimum Gasteiger partial charge on any atom is -0.479 e. The Kier molecular flexibility index (Phi) is 3.71. The van der Waals surface area contributed by atoms with Crippen LogP contribution in [-0.4, -0.2) is 30.9 Å². The molecule has 1 aromatic carbocycles. The number of hydrogen-bond acceptors (Lipinski definition) is 6. The van der Waals surface area contributed by atoms with E-state index in [9.17, 15) is 13.2 Å². The van der Waals surface area contributed by atoms with Gasteiger partial charge in [0.25, 0.3) is 0 Å². The molecular weight excluding hydrogens is 258 g/mol. The maximum atomic E-state index is 12.1.